The summed E-state index contributed by atoms with van der Waals surface area (Å²) in [5.41, 5.74) is 0. The molecule has 0 N–H and O–H groups in total. The van der Waals surface area contributed by atoms with Gasteiger partial charge < -0.3 is 0 Å². The lowest BCUT2D eigenvalue weighted by atomic mass is 10.5. The van der Waals surface area contributed by atoms with Gasteiger partial charge in [0.05, 0.1) is 25.6 Å². The SMILES string of the molecule is CCCOS(=O)(=O)OCCOS(=O)(=O)CCC. The maximum atomic E-state index is 11.1. The highest BCUT2D eigenvalue weighted by atomic mass is 32.3. The molecule has 17 heavy (non-hydrogen) atoms. The predicted molar refractivity (Wildman–Crippen MR) is 61.1 cm³/mol. The molecule has 0 saturated heterocycles. The van der Waals surface area contributed by atoms with Crippen LogP contribution in [-0.2, 0) is 33.1 Å². The van der Waals surface area contributed by atoms with E-state index in [4.69, 9.17) is 0 Å². The van der Waals surface area contributed by atoms with Crippen LogP contribution in [0.4, 0.5) is 0 Å². The lowest BCUT2D eigenvalue weighted by molar-refractivity contribution is 0.180. The minimum absolute atomic E-state index is 0.0251. The molecule has 7 nitrogen and oxygen atoms in total. The zero-order chi connectivity index (χ0) is 13.4. The van der Waals surface area contributed by atoms with Gasteiger partial charge in [-0.1, -0.05) is 13.8 Å². The lowest BCUT2D eigenvalue weighted by Crippen LogP contribution is -2.17. The monoisotopic (exact) mass is 290 g/mol. The van der Waals surface area contributed by atoms with Crippen LogP contribution in [0.5, 0.6) is 0 Å². The highest BCUT2D eigenvalue weighted by Crippen LogP contribution is 1.99. The van der Waals surface area contributed by atoms with Crippen LogP contribution in [0.3, 0.4) is 0 Å². The van der Waals surface area contributed by atoms with E-state index in [1.165, 1.54) is 0 Å². The van der Waals surface area contributed by atoms with Gasteiger partial charge in [-0.2, -0.15) is 16.8 Å². The highest BCUT2D eigenvalue weighted by Gasteiger charge is 2.13. The van der Waals surface area contributed by atoms with Crippen molar-refractivity contribution < 1.29 is 29.4 Å². The minimum Gasteiger partial charge on any atom is -0.268 e. The van der Waals surface area contributed by atoms with Crippen molar-refractivity contribution in [2.45, 2.75) is 26.7 Å². The van der Waals surface area contributed by atoms with Gasteiger partial charge in [0.2, 0.25) is 0 Å². The Kier molecular flexibility index (Phi) is 7.88. The van der Waals surface area contributed by atoms with Crippen LogP contribution < -0.4 is 0 Å². The standard InChI is InChI=1S/C8H18O7S2/c1-3-5-14-17(11,12)15-7-6-13-16(9,10)8-4-2/h3-8H2,1-2H3. The van der Waals surface area contributed by atoms with Gasteiger partial charge in [-0.05, 0) is 12.8 Å². The lowest BCUT2D eigenvalue weighted by Gasteiger charge is -2.06. The molecule has 0 aliphatic heterocycles. The molecule has 0 aromatic carbocycles. The summed E-state index contributed by atoms with van der Waals surface area (Å²) in [6.45, 7) is 2.72. The minimum atomic E-state index is -4.05. The molecule has 0 aliphatic rings. The quantitative estimate of drug-likeness (QED) is 0.425. The summed E-state index contributed by atoms with van der Waals surface area (Å²) in [6.07, 6.45) is 0.963. The Hall–Kier alpha value is -0.220. The van der Waals surface area contributed by atoms with Crippen LogP contribution in [-0.4, -0.2) is 42.4 Å². The first-order chi connectivity index (χ1) is 7.83. The van der Waals surface area contributed by atoms with E-state index in [-0.39, 0.29) is 19.0 Å². The molecule has 0 aromatic rings. The first-order valence-corrected chi connectivity index (χ1v) is 8.15. The van der Waals surface area contributed by atoms with Crippen LogP contribution in [0.2, 0.25) is 0 Å². The molecule has 0 saturated carbocycles. The van der Waals surface area contributed by atoms with Crippen molar-refractivity contribution in [3.05, 3.63) is 0 Å². The molecule has 104 valence electrons. The van der Waals surface area contributed by atoms with Crippen LogP contribution in [0.1, 0.15) is 26.7 Å². The first-order valence-electron chi connectivity index (χ1n) is 5.24. The van der Waals surface area contributed by atoms with E-state index in [1.807, 2.05) is 0 Å². The van der Waals surface area contributed by atoms with Crippen LogP contribution in [0.25, 0.3) is 0 Å². The molecule has 0 radical (unpaired) electrons. The molecule has 0 spiro atoms. The molecule has 0 bridgehead atoms. The highest BCUT2D eigenvalue weighted by molar-refractivity contribution is 7.86. The third-order valence-corrected chi connectivity index (χ3v) is 3.80. The van der Waals surface area contributed by atoms with Crippen molar-refractivity contribution in [2.24, 2.45) is 0 Å². The van der Waals surface area contributed by atoms with E-state index in [9.17, 15) is 16.8 Å². The molecule has 0 unspecified atom stereocenters. The average Bonchev–Trinajstić information content (AvgIpc) is 2.22. The number of hydrogen-bond donors (Lipinski definition) is 0. The number of hydrogen-bond acceptors (Lipinski definition) is 7. The molecule has 0 atom stereocenters. The maximum absolute atomic E-state index is 11.1. The largest absolute Gasteiger partial charge is 0.399 e. The van der Waals surface area contributed by atoms with Gasteiger partial charge in [0.15, 0.2) is 0 Å². The predicted octanol–water partition coefficient (Wildman–Crippen LogP) is 0.431. The molecule has 9 heteroatoms. The molecular formula is C8H18O7S2. The summed E-state index contributed by atoms with van der Waals surface area (Å²) in [7, 11) is -7.63. The fraction of sp³-hybridized carbons (Fsp3) is 1.00. The van der Waals surface area contributed by atoms with Gasteiger partial charge in [0.25, 0.3) is 10.1 Å². The first kappa shape index (κ1) is 16.8. The second-order valence-electron chi connectivity index (χ2n) is 3.14. The van der Waals surface area contributed by atoms with E-state index in [2.05, 4.69) is 12.5 Å². The summed E-state index contributed by atoms with van der Waals surface area (Å²) in [5.74, 6) is -0.105. The molecule has 0 rings (SSSR count). The summed E-state index contributed by atoms with van der Waals surface area (Å²) < 4.78 is 57.4. The van der Waals surface area contributed by atoms with Crippen molar-refractivity contribution in [2.75, 3.05) is 25.6 Å². The molecule has 0 aromatic heterocycles. The fourth-order valence-electron chi connectivity index (χ4n) is 0.825. The van der Waals surface area contributed by atoms with E-state index < -0.39 is 27.1 Å². The van der Waals surface area contributed by atoms with Crippen molar-refractivity contribution in [1.82, 2.24) is 0 Å². The zero-order valence-electron chi connectivity index (χ0n) is 9.92. The van der Waals surface area contributed by atoms with Gasteiger partial charge in [0.1, 0.15) is 0 Å². The summed E-state index contributed by atoms with van der Waals surface area (Å²) >= 11 is 0. The fourth-order valence-corrected chi connectivity index (χ4v) is 2.48. The van der Waals surface area contributed by atoms with Gasteiger partial charge in [-0.15, -0.1) is 0 Å². The Balaban J connectivity index is 3.85. The second kappa shape index (κ2) is 7.98. The van der Waals surface area contributed by atoms with E-state index in [0.717, 1.165) is 0 Å². The normalized spacial score (nSPS) is 12.8. The summed E-state index contributed by atoms with van der Waals surface area (Å²) in [6, 6.07) is 0. The Morgan fingerprint density at radius 2 is 1.29 bits per heavy atom. The molecule has 0 fully saturated rings. The van der Waals surface area contributed by atoms with Crippen molar-refractivity contribution in [3.8, 4) is 0 Å². The van der Waals surface area contributed by atoms with Crippen molar-refractivity contribution >= 4 is 20.5 Å². The topological polar surface area (TPSA) is 96.0 Å². The van der Waals surface area contributed by atoms with Gasteiger partial charge >= 0.3 is 10.4 Å². The average molecular weight is 290 g/mol. The van der Waals surface area contributed by atoms with E-state index in [1.54, 1.807) is 13.8 Å². The Morgan fingerprint density at radius 1 is 0.765 bits per heavy atom. The molecule has 0 amide bonds. The van der Waals surface area contributed by atoms with Gasteiger partial charge in [-0.25, -0.2) is 8.37 Å². The Bertz CT molecular complexity index is 384. The smallest absolute Gasteiger partial charge is 0.268 e. The van der Waals surface area contributed by atoms with E-state index >= 15 is 0 Å². The molecule has 0 aliphatic carbocycles. The molecule has 0 heterocycles. The second-order valence-corrected chi connectivity index (χ2v) is 6.18. The number of rotatable bonds is 10. The molecular weight excluding hydrogens is 272 g/mol. The van der Waals surface area contributed by atoms with Crippen molar-refractivity contribution in [3.63, 3.8) is 0 Å². The van der Waals surface area contributed by atoms with Gasteiger partial charge in [-0.3, -0.25) is 4.18 Å². The van der Waals surface area contributed by atoms with E-state index in [0.29, 0.717) is 12.8 Å². The third-order valence-electron chi connectivity index (χ3n) is 1.46. The third kappa shape index (κ3) is 9.48. The summed E-state index contributed by atoms with van der Waals surface area (Å²) in [4.78, 5) is 0. The van der Waals surface area contributed by atoms with Gasteiger partial charge in [0, 0.05) is 0 Å². The Morgan fingerprint density at radius 3 is 1.82 bits per heavy atom. The Labute approximate surface area is 103 Å². The maximum Gasteiger partial charge on any atom is 0.399 e. The van der Waals surface area contributed by atoms with Crippen LogP contribution in [0.15, 0.2) is 0 Å². The zero-order valence-corrected chi connectivity index (χ0v) is 11.5. The van der Waals surface area contributed by atoms with Crippen molar-refractivity contribution in [1.29, 1.82) is 0 Å². The summed E-state index contributed by atoms with van der Waals surface area (Å²) in [5, 5.41) is 0. The van der Waals surface area contributed by atoms with Crippen LogP contribution >= 0.6 is 0 Å². The van der Waals surface area contributed by atoms with Crippen LogP contribution in [0, 0.1) is 0 Å².